The van der Waals surface area contributed by atoms with Crippen molar-refractivity contribution in [1.82, 2.24) is 0 Å². The molecule has 0 saturated heterocycles. The van der Waals surface area contributed by atoms with Gasteiger partial charge in [0.15, 0.2) is 0 Å². The maximum atomic E-state index is 13.3. The molecule has 4 aliphatic rings. The second kappa shape index (κ2) is 8.72. The van der Waals surface area contributed by atoms with Gasteiger partial charge < -0.3 is 35.7 Å². The van der Waals surface area contributed by atoms with Crippen LogP contribution < -0.4 is 0 Å². The molecule has 0 spiro atoms. The van der Waals surface area contributed by atoms with Crippen LogP contribution in [0.2, 0.25) is 0 Å². The molecular weight excluding hydrogens is 452 g/mol. The first-order chi connectivity index (χ1) is 16.0. The number of fused-ring (bicyclic) bond motifs is 5. The molecule has 0 aromatic heterocycles. The van der Waals surface area contributed by atoms with Crippen molar-refractivity contribution in [3.63, 3.8) is 0 Å². The minimum absolute atomic E-state index is 0.0266. The van der Waals surface area contributed by atoms with Crippen LogP contribution in [0.5, 0.6) is 0 Å². The average Bonchev–Trinajstić information content (AvgIpc) is 3.06. The molecule has 7 N–H and O–H groups in total. The molecule has 8 heteroatoms. The molecule has 0 amide bonds. The number of Topliss-reactive ketones (excluding diaryl/α,β-unsaturated/α-hetero) is 1. The molecule has 2 unspecified atom stereocenters. The molecule has 0 heterocycles. The van der Waals surface area contributed by atoms with Crippen LogP contribution in [0.3, 0.4) is 0 Å². The van der Waals surface area contributed by atoms with Gasteiger partial charge in [0.05, 0.1) is 41.7 Å². The van der Waals surface area contributed by atoms with Crippen molar-refractivity contribution >= 4 is 5.78 Å². The van der Waals surface area contributed by atoms with Crippen LogP contribution in [-0.4, -0.2) is 83.3 Å². The van der Waals surface area contributed by atoms with Crippen molar-refractivity contribution < 1.29 is 40.5 Å². The van der Waals surface area contributed by atoms with Crippen LogP contribution in [0.25, 0.3) is 0 Å². The molecule has 4 aliphatic carbocycles. The van der Waals surface area contributed by atoms with Crippen molar-refractivity contribution in [3.05, 3.63) is 0 Å². The number of carbonyl (C=O) groups is 1. The summed E-state index contributed by atoms with van der Waals surface area (Å²) in [6, 6.07) is 0. The lowest BCUT2D eigenvalue weighted by Gasteiger charge is -2.64. The topological polar surface area (TPSA) is 159 Å². The van der Waals surface area contributed by atoms with Gasteiger partial charge >= 0.3 is 0 Å². The van der Waals surface area contributed by atoms with Crippen LogP contribution in [0.1, 0.15) is 85.5 Å². The summed E-state index contributed by atoms with van der Waals surface area (Å²) in [6.45, 7) is 6.66. The van der Waals surface area contributed by atoms with Crippen molar-refractivity contribution in [2.75, 3.05) is 6.61 Å². The molecule has 0 aromatic rings. The van der Waals surface area contributed by atoms with E-state index >= 15 is 0 Å². The molecular formula is C27H46O8. The standard InChI is InChI=1S/C27H46O8/c1-23(33,14-28)8-7-22(32)26(4,34)21-6-10-27(35)16-11-18(29)17-12-19(30)20(31)13-24(17,2)15(16)5-9-25(21,27)3/h15-17,19-22,28,30-35H,5-14H2,1-4H3/t15-,16?,17+,19-,20+,21+,22-,23?,24-,25-,26-,27+/m1/s1. The van der Waals surface area contributed by atoms with E-state index in [4.69, 9.17) is 0 Å². The van der Waals surface area contributed by atoms with E-state index in [1.807, 2.05) is 13.8 Å². The summed E-state index contributed by atoms with van der Waals surface area (Å²) in [7, 11) is 0. The smallest absolute Gasteiger partial charge is 0.137 e. The fraction of sp³-hybridized carbons (Fsp3) is 0.963. The Morgan fingerprint density at radius 3 is 2.34 bits per heavy atom. The van der Waals surface area contributed by atoms with E-state index in [-0.39, 0.29) is 49.2 Å². The quantitative estimate of drug-likeness (QED) is 0.285. The van der Waals surface area contributed by atoms with Crippen LogP contribution in [-0.2, 0) is 4.79 Å². The monoisotopic (exact) mass is 498 g/mol. The van der Waals surface area contributed by atoms with E-state index in [1.54, 1.807) is 6.92 Å². The first kappa shape index (κ1) is 27.4. The van der Waals surface area contributed by atoms with Gasteiger partial charge in [-0.2, -0.15) is 0 Å². The Morgan fingerprint density at radius 1 is 1.06 bits per heavy atom. The van der Waals surface area contributed by atoms with E-state index in [2.05, 4.69) is 0 Å². The van der Waals surface area contributed by atoms with Gasteiger partial charge in [-0.3, -0.25) is 4.79 Å². The van der Waals surface area contributed by atoms with Crippen molar-refractivity contribution in [3.8, 4) is 0 Å². The van der Waals surface area contributed by atoms with Gasteiger partial charge in [-0.15, -0.1) is 0 Å². The summed E-state index contributed by atoms with van der Waals surface area (Å²) < 4.78 is 0. The van der Waals surface area contributed by atoms with Crippen LogP contribution in [0.15, 0.2) is 0 Å². The number of hydrogen-bond acceptors (Lipinski definition) is 8. The second-order valence-corrected chi connectivity index (χ2v) is 13.4. The highest BCUT2D eigenvalue weighted by molar-refractivity contribution is 5.83. The van der Waals surface area contributed by atoms with Gasteiger partial charge in [-0.1, -0.05) is 13.8 Å². The molecule has 0 bridgehead atoms. The maximum absolute atomic E-state index is 13.3. The lowest BCUT2D eigenvalue weighted by Crippen LogP contribution is -2.66. The number of ketones is 1. The number of aliphatic hydroxyl groups excluding tert-OH is 4. The Labute approximate surface area is 208 Å². The molecule has 8 nitrogen and oxygen atoms in total. The molecule has 35 heavy (non-hydrogen) atoms. The molecule has 12 atom stereocenters. The van der Waals surface area contributed by atoms with Crippen molar-refractivity contribution in [2.24, 2.45) is 34.5 Å². The number of carbonyl (C=O) groups excluding carboxylic acids is 1. The van der Waals surface area contributed by atoms with Gasteiger partial charge in [0.2, 0.25) is 0 Å². The molecule has 0 radical (unpaired) electrons. The normalized spacial score (nSPS) is 49.9. The molecule has 4 saturated carbocycles. The molecule has 202 valence electrons. The summed E-state index contributed by atoms with van der Waals surface area (Å²) in [5.41, 5.74) is -5.26. The van der Waals surface area contributed by atoms with Gasteiger partial charge in [-0.25, -0.2) is 0 Å². The Morgan fingerprint density at radius 2 is 1.71 bits per heavy atom. The summed E-state index contributed by atoms with van der Waals surface area (Å²) in [5, 5.41) is 75.0. The third-order valence-electron chi connectivity index (χ3n) is 11.3. The summed E-state index contributed by atoms with van der Waals surface area (Å²) in [6.07, 6.45) is 0.438. The number of aliphatic hydroxyl groups is 7. The zero-order valence-electron chi connectivity index (χ0n) is 21.7. The van der Waals surface area contributed by atoms with E-state index in [1.165, 1.54) is 6.92 Å². The molecule has 4 rings (SSSR count). The summed E-state index contributed by atoms with van der Waals surface area (Å²) >= 11 is 0. The fourth-order valence-electron chi connectivity index (χ4n) is 9.01. The Hall–Kier alpha value is -0.610. The predicted octanol–water partition coefficient (Wildman–Crippen LogP) is 0.906. The Bertz CT molecular complexity index is 828. The minimum Gasteiger partial charge on any atom is -0.393 e. The zero-order chi connectivity index (χ0) is 26.2. The Kier molecular flexibility index (Phi) is 6.83. The van der Waals surface area contributed by atoms with Gasteiger partial charge in [-0.05, 0) is 88.4 Å². The average molecular weight is 499 g/mol. The maximum Gasteiger partial charge on any atom is 0.137 e. The highest BCUT2D eigenvalue weighted by Gasteiger charge is 2.71. The van der Waals surface area contributed by atoms with E-state index < -0.39 is 58.5 Å². The zero-order valence-corrected chi connectivity index (χ0v) is 21.7. The third-order valence-corrected chi connectivity index (χ3v) is 11.3. The van der Waals surface area contributed by atoms with Gasteiger partial charge in [0.1, 0.15) is 5.78 Å². The SMILES string of the molecule is CC(O)(CO)CC[C@@H](O)[C@](C)(O)[C@H]1CC[C@]2(O)C3CC(=O)[C@@H]4C[C@@H](O)[C@@H](O)C[C@]4(C)[C@@H]3CC[C@]12C. The van der Waals surface area contributed by atoms with E-state index in [9.17, 15) is 40.5 Å². The lowest BCUT2D eigenvalue weighted by molar-refractivity contribution is -0.232. The van der Waals surface area contributed by atoms with Crippen molar-refractivity contribution in [2.45, 2.75) is 121 Å². The second-order valence-electron chi connectivity index (χ2n) is 13.4. The fourth-order valence-corrected chi connectivity index (χ4v) is 9.01. The van der Waals surface area contributed by atoms with Crippen LogP contribution >= 0.6 is 0 Å². The Balaban J connectivity index is 1.60. The highest BCUT2D eigenvalue weighted by Crippen LogP contribution is 2.69. The van der Waals surface area contributed by atoms with Crippen LogP contribution in [0, 0.1) is 34.5 Å². The van der Waals surface area contributed by atoms with Gasteiger partial charge in [0, 0.05) is 17.8 Å². The van der Waals surface area contributed by atoms with E-state index in [0.29, 0.717) is 25.7 Å². The first-order valence-corrected chi connectivity index (χ1v) is 13.4. The van der Waals surface area contributed by atoms with Crippen molar-refractivity contribution in [1.29, 1.82) is 0 Å². The summed E-state index contributed by atoms with van der Waals surface area (Å²) in [5.74, 6) is -0.964. The van der Waals surface area contributed by atoms with E-state index in [0.717, 1.165) is 6.42 Å². The molecule has 0 aromatic carbocycles. The van der Waals surface area contributed by atoms with Gasteiger partial charge in [0.25, 0.3) is 0 Å². The number of rotatable bonds is 6. The largest absolute Gasteiger partial charge is 0.393 e. The third kappa shape index (κ3) is 4.03. The van der Waals surface area contributed by atoms with Crippen LogP contribution in [0.4, 0.5) is 0 Å². The number of hydrogen-bond donors (Lipinski definition) is 7. The lowest BCUT2D eigenvalue weighted by atomic mass is 9.42. The summed E-state index contributed by atoms with van der Waals surface area (Å²) in [4.78, 5) is 13.3. The minimum atomic E-state index is -1.52. The molecule has 0 aliphatic heterocycles. The first-order valence-electron chi connectivity index (χ1n) is 13.4. The predicted molar refractivity (Wildman–Crippen MR) is 128 cm³/mol. The molecule has 4 fully saturated rings. The highest BCUT2D eigenvalue weighted by atomic mass is 16.3.